The van der Waals surface area contributed by atoms with Gasteiger partial charge >= 0.3 is 0 Å². The zero-order valence-electron chi connectivity index (χ0n) is 12.9. The molecule has 1 spiro atoms. The van der Waals surface area contributed by atoms with E-state index in [9.17, 15) is 0 Å². The van der Waals surface area contributed by atoms with E-state index in [-0.39, 0.29) is 11.6 Å². The number of nitrogens with zero attached hydrogens (tertiary/aromatic N) is 1. The third-order valence-electron chi connectivity index (χ3n) is 5.16. The standard InChI is InChI=1S/C17H26N2O2/c1-20-16-14(6-5-10-19-16)15(18)13-7-11-21-17(12-13)8-3-2-4-9-17/h5-6,10,13,15H,2-4,7-9,11-12,18H2,1H3. The van der Waals surface area contributed by atoms with Crippen molar-refractivity contribution in [3.8, 4) is 5.88 Å². The van der Waals surface area contributed by atoms with Gasteiger partial charge in [-0.2, -0.15) is 0 Å². The summed E-state index contributed by atoms with van der Waals surface area (Å²) >= 11 is 0. The molecule has 2 heterocycles. The van der Waals surface area contributed by atoms with Crippen LogP contribution in [0.25, 0.3) is 0 Å². The first-order valence-corrected chi connectivity index (χ1v) is 8.12. The van der Waals surface area contributed by atoms with Crippen LogP contribution in [0.2, 0.25) is 0 Å². The van der Waals surface area contributed by atoms with Crippen LogP contribution in [-0.2, 0) is 4.74 Å². The summed E-state index contributed by atoms with van der Waals surface area (Å²) < 4.78 is 11.5. The van der Waals surface area contributed by atoms with Crippen LogP contribution < -0.4 is 10.5 Å². The summed E-state index contributed by atoms with van der Waals surface area (Å²) in [6.07, 6.45) is 10.2. The Bertz CT molecular complexity index is 466. The Kier molecular flexibility index (Phi) is 4.45. The van der Waals surface area contributed by atoms with E-state index < -0.39 is 0 Å². The largest absolute Gasteiger partial charge is 0.481 e. The second kappa shape index (κ2) is 6.32. The van der Waals surface area contributed by atoms with Gasteiger partial charge in [0.1, 0.15) is 0 Å². The first kappa shape index (κ1) is 14.8. The minimum Gasteiger partial charge on any atom is -0.481 e. The Morgan fingerprint density at radius 2 is 2.19 bits per heavy atom. The molecule has 4 nitrogen and oxygen atoms in total. The van der Waals surface area contributed by atoms with Crippen LogP contribution in [0.1, 0.15) is 56.6 Å². The SMILES string of the molecule is COc1ncccc1C(N)C1CCOC2(CCCCC2)C1. The summed E-state index contributed by atoms with van der Waals surface area (Å²) in [6, 6.07) is 3.96. The van der Waals surface area contributed by atoms with Crippen molar-refractivity contribution in [2.24, 2.45) is 11.7 Å². The number of nitrogens with two attached hydrogens (primary N) is 1. The van der Waals surface area contributed by atoms with Gasteiger partial charge in [-0.3, -0.25) is 0 Å². The third-order valence-corrected chi connectivity index (χ3v) is 5.16. The Morgan fingerprint density at radius 1 is 1.38 bits per heavy atom. The molecule has 2 aliphatic rings. The number of pyridine rings is 1. The smallest absolute Gasteiger partial charge is 0.217 e. The highest BCUT2D eigenvalue weighted by Crippen LogP contribution is 2.44. The van der Waals surface area contributed by atoms with Crippen LogP contribution in [0, 0.1) is 5.92 Å². The molecule has 1 aromatic heterocycles. The first-order chi connectivity index (χ1) is 10.2. The Balaban J connectivity index is 1.76. The molecule has 1 saturated heterocycles. The van der Waals surface area contributed by atoms with Gasteiger partial charge in [0.2, 0.25) is 5.88 Å². The zero-order chi connectivity index (χ0) is 14.7. The van der Waals surface area contributed by atoms with Gasteiger partial charge in [-0.1, -0.05) is 25.3 Å². The molecule has 1 aliphatic carbocycles. The molecule has 21 heavy (non-hydrogen) atoms. The molecule has 1 aliphatic heterocycles. The fourth-order valence-corrected chi connectivity index (χ4v) is 4.00. The summed E-state index contributed by atoms with van der Waals surface area (Å²) in [7, 11) is 1.66. The second-order valence-electron chi connectivity index (χ2n) is 6.47. The predicted molar refractivity (Wildman–Crippen MR) is 82.2 cm³/mol. The molecule has 2 unspecified atom stereocenters. The van der Waals surface area contributed by atoms with Crippen LogP contribution in [0.15, 0.2) is 18.3 Å². The topological polar surface area (TPSA) is 57.4 Å². The number of methoxy groups -OCH3 is 1. The van der Waals surface area contributed by atoms with Crippen molar-refractivity contribution in [1.82, 2.24) is 4.98 Å². The molecule has 2 N–H and O–H groups in total. The second-order valence-corrected chi connectivity index (χ2v) is 6.47. The first-order valence-electron chi connectivity index (χ1n) is 8.12. The number of ether oxygens (including phenoxy) is 2. The van der Waals surface area contributed by atoms with Crippen molar-refractivity contribution in [3.05, 3.63) is 23.9 Å². The fraction of sp³-hybridized carbons (Fsp3) is 0.706. The van der Waals surface area contributed by atoms with Gasteiger partial charge < -0.3 is 15.2 Å². The quantitative estimate of drug-likeness (QED) is 0.928. The van der Waals surface area contributed by atoms with E-state index in [1.165, 1.54) is 32.1 Å². The molecule has 0 bridgehead atoms. The lowest BCUT2D eigenvalue weighted by Crippen LogP contribution is -2.44. The normalized spacial score (nSPS) is 26.5. The molecular formula is C17H26N2O2. The van der Waals surface area contributed by atoms with Gasteiger partial charge in [-0.25, -0.2) is 4.98 Å². The third kappa shape index (κ3) is 3.06. The van der Waals surface area contributed by atoms with E-state index in [0.717, 1.165) is 25.0 Å². The summed E-state index contributed by atoms with van der Waals surface area (Å²) in [4.78, 5) is 4.28. The van der Waals surface area contributed by atoms with Crippen LogP contribution in [0.4, 0.5) is 0 Å². The molecule has 1 aromatic rings. The van der Waals surface area contributed by atoms with E-state index in [1.807, 2.05) is 12.1 Å². The van der Waals surface area contributed by atoms with E-state index >= 15 is 0 Å². The van der Waals surface area contributed by atoms with Gasteiger partial charge in [-0.15, -0.1) is 0 Å². The molecule has 3 rings (SSSR count). The Morgan fingerprint density at radius 3 is 2.95 bits per heavy atom. The number of hydrogen-bond donors (Lipinski definition) is 1. The molecule has 0 aromatic carbocycles. The highest BCUT2D eigenvalue weighted by atomic mass is 16.5. The summed E-state index contributed by atoms with van der Waals surface area (Å²) in [6.45, 7) is 0.834. The average Bonchev–Trinajstić information content (AvgIpc) is 2.55. The van der Waals surface area contributed by atoms with E-state index in [0.29, 0.717) is 11.8 Å². The minimum absolute atomic E-state index is 0.0173. The van der Waals surface area contributed by atoms with Crippen molar-refractivity contribution in [3.63, 3.8) is 0 Å². The molecule has 0 radical (unpaired) electrons. The maximum Gasteiger partial charge on any atom is 0.217 e. The van der Waals surface area contributed by atoms with Crippen LogP contribution in [-0.4, -0.2) is 24.3 Å². The summed E-state index contributed by atoms with van der Waals surface area (Å²) in [5.41, 5.74) is 7.68. The number of hydrogen-bond acceptors (Lipinski definition) is 4. The number of rotatable bonds is 3. The van der Waals surface area contributed by atoms with Gasteiger partial charge in [0, 0.05) is 24.4 Å². The predicted octanol–water partition coefficient (Wildman–Crippen LogP) is 3.22. The van der Waals surface area contributed by atoms with Crippen molar-refractivity contribution < 1.29 is 9.47 Å². The molecule has 1 saturated carbocycles. The minimum atomic E-state index is -0.0173. The summed E-state index contributed by atoms with van der Waals surface area (Å²) in [5, 5.41) is 0. The van der Waals surface area contributed by atoms with E-state index in [2.05, 4.69) is 4.98 Å². The van der Waals surface area contributed by atoms with Gasteiger partial charge in [0.05, 0.1) is 12.7 Å². The lowest BCUT2D eigenvalue weighted by atomic mass is 9.73. The number of aromatic nitrogens is 1. The van der Waals surface area contributed by atoms with Crippen LogP contribution in [0.3, 0.4) is 0 Å². The van der Waals surface area contributed by atoms with Gasteiger partial charge in [0.25, 0.3) is 0 Å². The molecule has 2 fully saturated rings. The highest BCUT2D eigenvalue weighted by molar-refractivity contribution is 5.29. The molecule has 4 heteroatoms. The van der Waals surface area contributed by atoms with Crippen molar-refractivity contribution in [2.45, 2.75) is 56.6 Å². The van der Waals surface area contributed by atoms with E-state index in [4.69, 9.17) is 15.2 Å². The molecule has 116 valence electrons. The van der Waals surface area contributed by atoms with Crippen molar-refractivity contribution in [1.29, 1.82) is 0 Å². The fourth-order valence-electron chi connectivity index (χ4n) is 4.00. The average molecular weight is 290 g/mol. The lowest BCUT2D eigenvalue weighted by Gasteiger charge is -2.45. The van der Waals surface area contributed by atoms with Gasteiger partial charge in [-0.05, 0) is 37.7 Å². The summed E-state index contributed by atoms with van der Waals surface area (Å²) in [5.74, 6) is 1.11. The maximum atomic E-state index is 6.56. The van der Waals surface area contributed by atoms with Crippen LogP contribution >= 0.6 is 0 Å². The maximum absolute atomic E-state index is 6.56. The van der Waals surface area contributed by atoms with Crippen LogP contribution in [0.5, 0.6) is 5.88 Å². The van der Waals surface area contributed by atoms with Crippen molar-refractivity contribution >= 4 is 0 Å². The molecule has 2 atom stereocenters. The van der Waals surface area contributed by atoms with Gasteiger partial charge in [0.15, 0.2) is 0 Å². The Hall–Kier alpha value is -1.13. The molecule has 0 amide bonds. The van der Waals surface area contributed by atoms with E-state index in [1.54, 1.807) is 13.3 Å². The Labute approximate surface area is 127 Å². The zero-order valence-corrected chi connectivity index (χ0v) is 12.9. The molecular weight excluding hydrogens is 264 g/mol. The lowest BCUT2D eigenvalue weighted by molar-refractivity contribution is -0.120. The highest BCUT2D eigenvalue weighted by Gasteiger charge is 2.40. The monoisotopic (exact) mass is 290 g/mol. The van der Waals surface area contributed by atoms with Crippen molar-refractivity contribution in [2.75, 3.05) is 13.7 Å².